The molecule has 120 valence electrons. The van der Waals surface area contributed by atoms with Crippen molar-refractivity contribution in [3.8, 4) is 0 Å². The fourth-order valence-corrected chi connectivity index (χ4v) is 2.33. The third-order valence-electron chi connectivity index (χ3n) is 3.65. The second-order valence-corrected chi connectivity index (χ2v) is 5.65. The van der Waals surface area contributed by atoms with E-state index in [1.807, 2.05) is 32.0 Å². The van der Waals surface area contributed by atoms with Crippen LogP contribution in [-0.4, -0.2) is 11.7 Å². The highest BCUT2D eigenvalue weighted by Gasteiger charge is 2.11. The van der Waals surface area contributed by atoms with E-state index in [-0.39, 0.29) is 36.9 Å². The molecular formula is C19H20FNO2. The number of carbonyl (C=O) groups is 2. The summed E-state index contributed by atoms with van der Waals surface area (Å²) in [5.74, 6) is -0.582. The molecule has 0 aromatic heterocycles. The fourth-order valence-electron chi connectivity index (χ4n) is 2.33. The third kappa shape index (κ3) is 5.02. The summed E-state index contributed by atoms with van der Waals surface area (Å²) in [6.07, 6.45) is 0.292. The molecule has 2 aromatic carbocycles. The van der Waals surface area contributed by atoms with Crippen molar-refractivity contribution in [1.29, 1.82) is 0 Å². The Labute approximate surface area is 135 Å². The van der Waals surface area contributed by atoms with E-state index in [0.29, 0.717) is 11.1 Å². The molecule has 1 N–H and O–H groups in total. The lowest BCUT2D eigenvalue weighted by Gasteiger charge is -2.07. The van der Waals surface area contributed by atoms with Crippen molar-refractivity contribution in [2.24, 2.45) is 0 Å². The monoisotopic (exact) mass is 313 g/mol. The van der Waals surface area contributed by atoms with Gasteiger partial charge in [0.15, 0.2) is 5.78 Å². The third-order valence-corrected chi connectivity index (χ3v) is 3.65. The van der Waals surface area contributed by atoms with Gasteiger partial charge >= 0.3 is 0 Å². The number of carbonyl (C=O) groups excluding carboxylic acids is 2. The predicted molar refractivity (Wildman–Crippen MR) is 87.7 cm³/mol. The molecule has 0 saturated heterocycles. The molecule has 0 spiro atoms. The maximum absolute atomic E-state index is 13.0. The summed E-state index contributed by atoms with van der Waals surface area (Å²) >= 11 is 0. The number of halogens is 1. The van der Waals surface area contributed by atoms with Crippen LogP contribution in [0.15, 0.2) is 42.5 Å². The van der Waals surface area contributed by atoms with Gasteiger partial charge in [-0.05, 0) is 43.2 Å². The van der Waals surface area contributed by atoms with Gasteiger partial charge in [-0.2, -0.15) is 0 Å². The molecular weight excluding hydrogens is 293 g/mol. The minimum atomic E-state index is -0.332. The number of amides is 1. The lowest BCUT2D eigenvalue weighted by molar-refractivity contribution is -0.121. The van der Waals surface area contributed by atoms with Crippen LogP contribution >= 0.6 is 0 Å². The molecule has 0 saturated carbocycles. The Hall–Kier alpha value is -2.49. The van der Waals surface area contributed by atoms with Crippen LogP contribution in [0.2, 0.25) is 0 Å². The number of aryl methyl sites for hydroxylation is 2. The van der Waals surface area contributed by atoms with E-state index >= 15 is 0 Å². The topological polar surface area (TPSA) is 46.2 Å². The highest BCUT2D eigenvalue weighted by atomic mass is 19.1. The summed E-state index contributed by atoms with van der Waals surface area (Å²) in [5.41, 5.74) is 3.30. The number of nitrogens with one attached hydrogen (secondary N) is 1. The maximum atomic E-state index is 13.0. The van der Waals surface area contributed by atoms with E-state index in [0.717, 1.165) is 11.1 Å². The Morgan fingerprint density at radius 3 is 2.57 bits per heavy atom. The van der Waals surface area contributed by atoms with E-state index < -0.39 is 0 Å². The molecule has 4 heteroatoms. The first kappa shape index (κ1) is 16.9. The van der Waals surface area contributed by atoms with Crippen molar-refractivity contribution in [2.45, 2.75) is 33.2 Å². The molecule has 0 fully saturated rings. The van der Waals surface area contributed by atoms with Crippen molar-refractivity contribution >= 4 is 11.7 Å². The number of Topliss-reactive ketones (excluding diaryl/α,β-unsaturated/α-hetero) is 1. The Morgan fingerprint density at radius 1 is 1.04 bits per heavy atom. The number of benzene rings is 2. The van der Waals surface area contributed by atoms with Crippen LogP contribution in [-0.2, 0) is 11.3 Å². The van der Waals surface area contributed by atoms with E-state index in [1.165, 1.54) is 12.1 Å². The zero-order valence-corrected chi connectivity index (χ0v) is 13.4. The van der Waals surface area contributed by atoms with Crippen LogP contribution in [0, 0.1) is 19.7 Å². The highest BCUT2D eigenvalue weighted by molar-refractivity contribution is 5.99. The first-order valence-electron chi connectivity index (χ1n) is 7.57. The molecule has 23 heavy (non-hydrogen) atoms. The molecule has 2 aromatic rings. The number of rotatable bonds is 6. The average molecular weight is 313 g/mol. The molecule has 0 aliphatic rings. The summed E-state index contributed by atoms with van der Waals surface area (Å²) in [7, 11) is 0. The van der Waals surface area contributed by atoms with Gasteiger partial charge in [0.05, 0.1) is 0 Å². The zero-order chi connectivity index (χ0) is 16.8. The van der Waals surface area contributed by atoms with E-state index in [4.69, 9.17) is 0 Å². The van der Waals surface area contributed by atoms with Gasteiger partial charge in [-0.3, -0.25) is 9.59 Å². The van der Waals surface area contributed by atoms with Crippen molar-refractivity contribution in [2.75, 3.05) is 0 Å². The average Bonchev–Trinajstić information content (AvgIpc) is 2.53. The first-order valence-corrected chi connectivity index (χ1v) is 7.57. The quantitative estimate of drug-likeness (QED) is 0.826. The molecule has 0 bridgehead atoms. The molecule has 3 nitrogen and oxygen atoms in total. The summed E-state index contributed by atoms with van der Waals surface area (Å²) in [5, 5.41) is 2.70. The minimum Gasteiger partial charge on any atom is -0.352 e. The zero-order valence-electron chi connectivity index (χ0n) is 13.4. The predicted octanol–water partition coefficient (Wildman–Crippen LogP) is 3.72. The molecule has 0 heterocycles. The Morgan fingerprint density at radius 2 is 1.83 bits per heavy atom. The highest BCUT2D eigenvalue weighted by Crippen LogP contribution is 2.14. The Kier molecular flexibility index (Phi) is 5.63. The van der Waals surface area contributed by atoms with Gasteiger partial charge in [0.2, 0.25) is 5.91 Å². The Bertz CT molecular complexity index is 725. The summed E-state index contributed by atoms with van der Waals surface area (Å²) in [6, 6.07) is 11.8. The lowest BCUT2D eigenvalue weighted by Crippen LogP contribution is -2.23. The van der Waals surface area contributed by atoms with Crippen LogP contribution in [0.25, 0.3) is 0 Å². The van der Waals surface area contributed by atoms with Gasteiger partial charge < -0.3 is 5.32 Å². The number of ketones is 1. The van der Waals surface area contributed by atoms with Gasteiger partial charge in [-0.15, -0.1) is 0 Å². The molecule has 0 radical (unpaired) electrons. The smallest absolute Gasteiger partial charge is 0.220 e. The van der Waals surface area contributed by atoms with Gasteiger partial charge in [0.25, 0.3) is 0 Å². The lowest BCUT2D eigenvalue weighted by atomic mass is 9.99. The van der Waals surface area contributed by atoms with Gasteiger partial charge in [0.1, 0.15) is 5.82 Å². The van der Waals surface area contributed by atoms with Crippen molar-refractivity contribution in [3.05, 3.63) is 70.5 Å². The SMILES string of the molecule is Cc1ccc(C)c(C(=O)CCC(=O)NCc2cccc(F)c2)c1. The second-order valence-electron chi connectivity index (χ2n) is 5.65. The Balaban J connectivity index is 1.84. The fraction of sp³-hybridized carbons (Fsp3) is 0.263. The summed E-state index contributed by atoms with van der Waals surface area (Å²) in [6.45, 7) is 4.08. The van der Waals surface area contributed by atoms with Gasteiger partial charge in [-0.25, -0.2) is 4.39 Å². The van der Waals surface area contributed by atoms with Gasteiger partial charge in [-0.1, -0.05) is 29.8 Å². The minimum absolute atomic E-state index is 0.0351. The molecule has 0 aliphatic heterocycles. The van der Waals surface area contributed by atoms with Crippen molar-refractivity contribution in [3.63, 3.8) is 0 Å². The van der Waals surface area contributed by atoms with Crippen molar-refractivity contribution < 1.29 is 14.0 Å². The van der Waals surface area contributed by atoms with Crippen LogP contribution in [0.1, 0.15) is 39.9 Å². The molecule has 2 rings (SSSR count). The first-order chi connectivity index (χ1) is 11.0. The van der Waals surface area contributed by atoms with Crippen LogP contribution in [0.3, 0.4) is 0 Å². The summed E-state index contributed by atoms with van der Waals surface area (Å²) in [4.78, 5) is 24.0. The summed E-state index contributed by atoms with van der Waals surface area (Å²) < 4.78 is 13.0. The standard InChI is InChI=1S/C19H20FNO2/c1-13-6-7-14(2)17(10-13)18(22)8-9-19(23)21-12-15-4-3-5-16(20)11-15/h3-7,10-11H,8-9,12H2,1-2H3,(H,21,23). The molecule has 0 atom stereocenters. The largest absolute Gasteiger partial charge is 0.352 e. The molecule has 0 aliphatic carbocycles. The van der Waals surface area contributed by atoms with E-state index in [2.05, 4.69) is 5.32 Å². The van der Waals surface area contributed by atoms with Crippen molar-refractivity contribution in [1.82, 2.24) is 5.32 Å². The van der Waals surface area contributed by atoms with E-state index in [9.17, 15) is 14.0 Å². The van der Waals surface area contributed by atoms with E-state index in [1.54, 1.807) is 12.1 Å². The van der Waals surface area contributed by atoms with Gasteiger partial charge in [0, 0.05) is 24.9 Å². The second kappa shape index (κ2) is 7.68. The van der Waals surface area contributed by atoms with Crippen LogP contribution < -0.4 is 5.32 Å². The molecule has 1 amide bonds. The van der Waals surface area contributed by atoms with Crippen LogP contribution in [0.5, 0.6) is 0 Å². The number of hydrogen-bond acceptors (Lipinski definition) is 2. The normalized spacial score (nSPS) is 10.4. The van der Waals surface area contributed by atoms with Crippen LogP contribution in [0.4, 0.5) is 4.39 Å². The molecule has 0 unspecified atom stereocenters. The number of hydrogen-bond donors (Lipinski definition) is 1. The maximum Gasteiger partial charge on any atom is 0.220 e.